The quantitative estimate of drug-likeness (QED) is 0.588. The number of carbonyl (C=O) groups is 3. The molecule has 0 saturated carbocycles. The summed E-state index contributed by atoms with van der Waals surface area (Å²) in [4.78, 5) is 38.2. The van der Waals surface area contributed by atoms with E-state index in [1.165, 1.54) is 11.8 Å². The van der Waals surface area contributed by atoms with Crippen molar-refractivity contribution in [2.75, 3.05) is 18.8 Å². The van der Waals surface area contributed by atoms with Crippen molar-refractivity contribution in [3.05, 3.63) is 56.8 Å². The molecule has 2 heterocycles. The van der Waals surface area contributed by atoms with Gasteiger partial charge in [-0.1, -0.05) is 28.9 Å². The average Bonchev–Trinajstić information content (AvgIpc) is 3.17. The molecule has 10 heteroatoms. The Labute approximate surface area is 187 Å². The van der Waals surface area contributed by atoms with Gasteiger partial charge in [-0.25, -0.2) is 0 Å². The lowest BCUT2D eigenvalue weighted by Crippen LogP contribution is -2.37. The van der Waals surface area contributed by atoms with Gasteiger partial charge in [-0.3, -0.25) is 19.3 Å². The molecular weight excluding hydrogens is 446 g/mol. The molecule has 158 valence electrons. The van der Waals surface area contributed by atoms with E-state index in [1.54, 1.807) is 30.3 Å². The lowest BCUT2D eigenvalue weighted by atomic mass is 10.2. The van der Waals surface area contributed by atoms with E-state index in [0.717, 1.165) is 39.2 Å². The van der Waals surface area contributed by atoms with Crippen LogP contribution in [0.4, 0.5) is 4.79 Å². The molecule has 1 N–H and O–H groups in total. The SMILES string of the molecule is Cc1noc(C)c1CSCC(=O)NCCN1C(=O)S/C(=C\c2ccc(Cl)cc2)C1=O. The van der Waals surface area contributed by atoms with Gasteiger partial charge in [0.1, 0.15) is 5.76 Å². The molecule has 0 atom stereocenters. The minimum Gasteiger partial charge on any atom is -0.361 e. The fraction of sp³-hybridized carbons (Fsp3) is 0.300. The van der Waals surface area contributed by atoms with Crippen LogP contribution in [0.25, 0.3) is 6.08 Å². The Morgan fingerprint density at radius 3 is 2.70 bits per heavy atom. The van der Waals surface area contributed by atoms with Crippen molar-refractivity contribution < 1.29 is 18.9 Å². The summed E-state index contributed by atoms with van der Waals surface area (Å²) in [5.41, 5.74) is 2.61. The second-order valence-electron chi connectivity index (χ2n) is 6.53. The molecule has 1 aliphatic heterocycles. The van der Waals surface area contributed by atoms with Crippen LogP contribution >= 0.6 is 35.1 Å². The van der Waals surface area contributed by atoms with E-state index in [2.05, 4.69) is 10.5 Å². The number of aromatic nitrogens is 1. The smallest absolute Gasteiger partial charge is 0.293 e. The number of hydrogen-bond donors (Lipinski definition) is 1. The first kappa shape index (κ1) is 22.5. The highest BCUT2D eigenvalue weighted by Crippen LogP contribution is 2.32. The molecule has 3 amide bonds. The van der Waals surface area contributed by atoms with E-state index in [4.69, 9.17) is 16.1 Å². The van der Waals surface area contributed by atoms with Gasteiger partial charge in [0.15, 0.2) is 0 Å². The zero-order valence-electron chi connectivity index (χ0n) is 16.4. The fourth-order valence-electron chi connectivity index (χ4n) is 2.72. The number of amides is 3. The molecule has 0 spiro atoms. The number of nitrogens with zero attached hydrogens (tertiary/aromatic N) is 2. The zero-order chi connectivity index (χ0) is 21.7. The number of aryl methyl sites for hydroxylation is 2. The first-order valence-electron chi connectivity index (χ1n) is 9.12. The Morgan fingerprint density at radius 2 is 2.03 bits per heavy atom. The van der Waals surface area contributed by atoms with Crippen molar-refractivity contribution >= 4 is 58.3 Å². The number of rotatable bonds is 8. The maximum Gasteiger partial charge on any atom is 0.293 e. The number of hydrogen-bond acceptors (Lipinski definition) is 7. The van der Waals surface area contributed by atoms with Crippen molar-refractivity contribution in [2.45, 2.75) is 19.6 Å². The molecule has 0 unspecified atom stereocenters. The Bertz CT molecular complexity index is 969. The predicted molar refractivity (Wildman–Crippen MR) is 119 cm³/mol. The van der Waals surface area contributed by atoms with Crippen LogP contribution in [-0.4, -0.2) is 46.0 Å². The summed E-state index contributed by atoms with van der Waals surface area (Å²) >= 11 is 8.20. The number of nitrogens with one attached hydrogen (secondary N) is 1. The van der Waals surface area contributed by atoms with Crippen molar-refractivity contribution in [3.8, 4) is 0 Å². The van der Waals surface area contributed by atoms with Gasteiger partial charge in [-0.15, -0.1) is 11.8 Å². The minimum absolute atomic E-state index is 0.128. The van der Waals surface area contributed by atoms with Gasteiger partial charge in [0.2, 0.25) is 5.91 Å². The Morgan fingerprint density at radius 1 is 1.30 bits per heavy atom. The third-order valence-electron chi connectivity index (χ3n) is 4.36. The summed E-state index contributed by atoms with van der Waals surface area (Å²) in [5.74, 6) is 1.14. The van der Waals surface area contributed by atoms with Gasteiger partial charge in [0.05, 0.1) is 16.4 Å². The predicted octanol–water partition coefficient (Wildman–Crippen LogP) is 4.03. The third-order valence-corrected chi connectivity index (χ3v) is 6.48. The van der Waals surface area contributed by atoms with Gasteiger partial charge in [0, 0.05) is 29.4 Å². The van der Waals surface area contributed by atoms with Crippen LogP contribution < -0.4 is 5.32 Å². The van der Waals surface area contributed by atoms with Crippen molar-refractivity contribution in [1.29, 1.82) is 0 Å². The summed E-state index contributed by atoms with van der Waals surface area (Å²) < 4.78 is 5.10. The van der Waals surface area contributed by atoms with E-state index in [-0.39, 0.29) is 35.9 Å². The second-order valence-corrected chi connectivity index (χ2v) is 8.95. The molecule has 0 radical (unpaired) electrons. The highest BCUT2D eigenvalue weighted by atomic mass is 35.5. The van der Waals surface area contributed by atoms with Crippen molar-refractivity contribution in [2.24, 2.45) is 0 Å². The highest BCUT2D eigenvalue weighted by molar-refractivity contribution is 8.18. The maximum absolute atomic E-state index is 12.5. The van der Waals surface area contributed by atoms with E-state index in [1.807, 2.05) is 13.8 Å². The topological polar surface area (TPSA) is 92.5 Å². The Hall–Kier alpha value is -2.23. The largest absolute Gasteiger partial charge is 0.361 e. The summed E-state index contributed by atoms with van der Waals surface area (Å²) in [7, 11) is 0. The molecule has 1 saturated heterocycles. The molecule has 7 nitrogen and oxygen atoms in total. The molecule has 1 aliphatic rings. The first-order chi connectivity index (χ1) is 14.3. The van der Waals surface area contributed by atoms with Crippen molar-refractivity contribution in [3.63, 3.8) is 0 Å². The van der Waals surface area contributed by atoms with Gasteiger partial charge in [0.25, 0.3) is 11.1 Å². The standard InChI is InChI=1S/C20H20ClN3O4S2/c1-12-16(13(2)28-23-12)10-29-11-18(25)22-7-8-24-19(26)17(30-20(24)27)9-14-3-5-15(21)6-4-14/h3-6,9H,7-8,10-11H2,1-2H3,(H,22,25)/b17-9-. The van der Waals surface area contributed by atoms with Gasteiger partial charge >= 0.3 is 0 Å². The van der Waals surface area contributed by atoms with E-state index >= 15 is 0 Å². The van der Waals surface area contributed by atoms with Crippen LogP contribution in [0.2, 0.25) is 5.02 Å². The molecular formula is C20H20ClN3O4S2. The van der Waals surface area contributed by atoms with E-state index in [9.17, 15) is 14.4 Å². The van der Waals surface area contributed by atoms with E-state index in [0.29, 0.717) is 15.7 Å². The Kier molecular flexibility index (Phi) is 7.63. The molecule has 2 aromatic rings. The lowest BCUT2D eigenvalue weighted by Gasteiger charge is -2.13. The number of carbonyl (C=O) groups excluding carboxylic acids is 3. The molecule has 30 heavy (non-hydrogen) atoms. The van der Waals surface area contributed by atoms with Crippen LogP contribution in [0.3, 0.4) is 0 Å². The molecule has 3 rings (SSSR count). The molecule has 1 aromatic carbocycles. The summed E-state index contributed by atoms with van der Waals surface area (Å²) in [6.07, 6.45) is 1.66. The first-order valence-corrected chi connectivity index (χ1v) is 11.5. The van der Waals surface area contributed by atoms with Gasteiger partial charge in [-0.2, -0.15) is 0 Å². The van der Waals surface area contributed by atoms with Crippen LogP contribution in [0.15, 0.2) is 33.7 Å². The van der Waals surface area contributed by atoms with Crippen LogP contribution in [0, 0.1) is 13.8 Å². The second kappa shape index (κ2) is 10.2. The highest BCUT2D eigenvalue weighted by Gasteiger charge is 2.34. The zero-order valence-corrected chi connectivity index (χ0v) is 18.8. The van der Waals surface area contributed by atoms with E-state index < -0.39 is 0 Å². The number of imide groups is 1. The van der Waals surface area contributed by atoms with Gasteiger partial charge < -0.3 is 9.84 Å². The fourth-order valence-corrected chi connectivity index (χ4v) is 4.71. The molecule has 1 fully saturated rings. The Balaban J connectivity index is 1.44. The van der Waals surface area contributed by atoms with Crippen LogP contribution in [-0.2, 0) is 15.3 Å². The molecule has 0 aliphatic carbocycles. The normalized spacial score (nSPS) is 15.3. The summed E-state index contributed by atoms with van der Waals surface area (Å²) in [6.45, 7) is 4.04. The number of benzene rings is 1. The third kappa shape index (κ3) is 5.68. The average molecular weight is 466 g/mol. The summed E-state index contributed by atoms with van der Waals surface area (Å²) in [5, 5.41) is 6.88. The van der Waals surface area contributed by atoms with Crippen LogP contribution in [0.5, 0.6) is 0 Å². The monoisotopic (exact) mass is 465 g/mol. The summed E-state index contributed by atoms with van der Waals surface area (Å²) in [6, 6.07) is 6.99. The maximum atomic E-state index is 12.5. The number of thioether (sulfide) groups is 2. The lowest BCUT2D eigenvalue weighted by molar-refractivity contribution is -0.123. The minimum atomic E-state index is -0.359. The molecule has 1 aromatic heterocycles. The number of halogens is 1. The van der Waals surface area contributed by atoms with Gasteiger partial charge in [-0.05, 0) is 49.4 Å². The molecule has 0 bridgehead atoms. The van der Waals surface area contributed by atoms with Crippen LogP contribution in [0.1, 0.15) is 22.6 Å². The van der Waals surface area contributed by atoms with Crippen molar-refractivity contribution in [1.82, 2.24) is 15.4 Å².